The molecule has 3 rings (SSSR count). The molecule has 0 aliphatic heterocycles. The molecule has 22 heavy (non-hydrogen) atoms. The maximum Gasteiger partial charge on any atom is 0.280 e. The summed E-state index contributed by atoms with van der Waals surface area (Å²) in [5, 5.41) is 7.12. The predicted molar refractivity (Wildman–Crippen MR) is 91.4 cm³/mol. The van der Waals surface area contributed by atoms with Crippen LogP contribution in [0.1, 0.15) is 48.3 Å². The summed E-state index contributed by atoms with van der Waals surface area (Å²) in [7, 11) is 0. The third kappa shape index (κ3) is 4.05. The van der Waals surface area contributed by atoms with Gasteiger partial charge in [-0.2, -0.15) is 0 Å². The number of carbonyl (C=O) groups excluding carboxylic acids is 1. The summed E-state index contributed by atoms with van der Waals surface area (Å²) in [6, 6.07) is 8.54. The zero-order chi connectivity index (χ0) is 15.2. The first-order valence-electron chi connectivity index (χ1n) is 8.20. The van der Waals surface area contributed by atoms with Crippen LogP contribution in [0.25, 0.3) is 10.2 Å². The van der Waals surface area contributed by atoms with E-state index in [1.54, 1.807) is 0 Å². The first-order chi connectivity index (χ1) is 10.8. The number of benzene rings is 1. The number of fused-ring (bicyclic) bond motifs is 1. The van der Waals surface area contributed by atoms with Crippen molar-refractivity contribution >= 4 is 27.5 Å². The van der Waals surface area contributed by atoms with E-state index in [4.69, 9.17) is 0 Å². The molecule has 2 aromatic rings. The van der Waals surface area contributed by atoms with Crippen LogP contribution in [0.3, 0.4) is 0 Å². The number of hydrogen-bond donors (Lipinski definition) is 2. The van der Waals surface area contributed by atoms with Crippen LogP contribution < -0.4 is 10.6 Å². The largest absolute Gasteiger partial charge is 0.350 e. The minimum Gasteiger partial charge on any atom is -0.350 e. The number of hydrogen-bond acceptors (Lipinski definition) is 4. The molecule has 5 heteroatoms. The third-order valence-corrected chi connectivity index (χ3v) is 5.20. The van der Waals surface area contributed by atoms with Crippen molar-refractivity contribution in [2.24, 2.45) is 0 Å². The van der Waals surface area contributed by atoms with Gasteiger partial charge in [0, 0.05) is 12.6 Å². The molecule has 1 fully saturated rings. The first kappa shape index (κ1) is 15.4. The minimum absolute atomic E-state index is 0.0566. The number of amides is 1. The zero-order valence-corrected chi connectivity index (χ0v) is 13.6. The fourth-order valence-electron chi connectivity index (χ4n) is 2.95. The van der Waals surface area contributed by atoms with Gasteiger partial charge in [0.1, 0.15) is 0 Å². The topological polar surface area (TPSA) is 54.0 Å². The van der Waals surface area contributed by atoms with E-state index in [0.717, 1.165) is 23.2 Å². The van der Waals surface area contributed by atoms with Crippen LogP contribution >= 0.6 is 11.3 Å². The van der Waals surface area contributed by atoms with Crippen LogP contribution in [0, 0.1) is 0 Å². The molecule has 1 amide bonds. The number of thiazole rings is 1. The van der Waals surface area contributed by atoms with Crippen molar-refractivity contribution in [1.82, 2.24) is 15.6 Å². The molecule has 1 aliphatic carbocycles. The first-order valence-corrected chi connectivity index (χ1v) is 9.02. The summed E-state index contributed by atoms with van der Waals surface area (Å²) in [6.07, 6.45) is 7.66. The Bertz CT molecular complexity index is 586. The highest BCUT2D eigenvalue weighted by atomic mass is 32.1. The molecule has 1 heterocycles. The Kier molecular flexibility index (Phi) is 5.40. The summed E-state index contributed by atoms with van der Waals surface area (Å²) in [4.78, 5) is 16.5. The Balaban J connectivity index is 1.38. The lowest BCUT2D eigenvalue weighted by atomic mass is 9.95. The van der Waals surface area contributed by atoms with Crippen LogP contribution in [-0.2, 0) is 0 Å². The number of nitrogens with one attached hydrogen (secondary N) is 2. The monoisotopic (exact) mass is 317 g/mol. The normalized spacial score (nSPS) is 16.0. The van der Waals surface area contributed by atoms with E-state index in [0.29, 0.717) is 17.6 Å². The smallest absolute Gasteiger partial charge is 0.280 e. The Morgan fingerprint density at radius 1 is 1.18 bits per heavy atom. The second-order valence-electron chi connectivity index (χ2n) is 5.89. The van der Waals surface area contributed by atoms with Crippen molar-refractivity contribution in [2.45, 2.75) is 44.6 Å². The molecular weight excluding hydrogens is 294 g/mol. The lowest BCUT2D eigenvalue weighted by Crippen LogP contribution is -2.34. The molecule has 1 saturated carbocycles. The van der Waals surface area contributed by atoms with E-state index in [1.165, 1.54) is 43.4 Å². The molecule has 4 nitrogen and oxygen atoms in total. The molecule has 0 bridgehead atoms. The van der Waals surface area contributed by atoms with Gasteiger partial charge in [0.15, 0.2) is 5.01 Å². The van der Waals surface area contributed by atoms with E-state index >= 15 is 0 Å². The van der Waals surface area contributed by atoms with Crippen LogP contribution in [0.4, 0.5) is 0 Å². The van der Waals surface area contributed by atoms with Gasteiger partial charge in [-0.1, -0.05) is 31.4 Å². The van der Waals surface area contributed by atoms with Crippen LogP contribution in [0.15, 0.2) is 24.3 Å². The quantitative estimate of drug-likeness (QED) is 0.804. The molecule has 0 spiro atoms. The Labute approximate surface area is 135 Å². The van der Waals surface area contributed by atoms with Gasteiger partial charge >= 0.3 is 0 Å². The van der Waals surface area contributed by atoms with Crippen LogP contribution in [0.2, 0.25) is 0 Å². The summed E-state index contributed by atoms with van der Waals surface area (Å²) < 4.78 is 1.06. The Morgan fingerprint density at radius 2 is 2.00 bits per heavy atom. The van der Waals surface area contributed by atoms with Crippen LogP contribution in [-0.4, -0.2) is 30.0 Å². The van der Waals surface area contributed by atoms with Crippen molar-refractivity contribution in [3.8, 4) is 0 Å². The van der Waals surface area contributed by atoms with E-state index in [2.05, 4.69) is 15.6 Å². The van der Waals surface area contributed by atoms with Gasteiger partial charge in [-0.3, -0.25) is 4.79 Å². The Hall–Kier alpha value is -1.46. The lowest BCUT2D eigenvalue weighted by Gasteiger charge is -2.22. The highest BCUT2D eigenvalue weighted by molar-refractivity contribution is 7.20. The van der Waals surface area contributed by atoms with Crippen molar-refractivity contribution < 1.29 is 4.79 Å². The average molecular weight is 317 g/mol. The average Bonchev–Trinajstić information content (AvgIpc) is 2.99. The second kappa shape index (κ2) is 7.70. The molecule has 0 atom stereocenters. The number of aromatic nitrogens is 1. The van der Waals surface area contributed by atoms with Gasteiger partial charge in [0.2, 0.25) is 0 Å². The number of carbonyl (C=O) groups is 1. The maximum absolute atomic E-state index is 12.1. The summed E-state index contributed by atoms with van der Waals surface area (Å²) in [5.41, 5.74) is 0.900. The van der Waals surface area contributed by atoms with E-state index in [9.17, 15) is 4.79 Å². The number of rotatable bonds is 6. The summed E-state index contributed by atoms with van der Waals surface area (Å²) >= 11 is 1.45. The summed E-state index contributed by atoms with van der Waals surface area (Å²) in [5.74, 6) is -0.0566. The molecule has 0 radical (unpaired) electrons. The molecular formula is C17H23N3OS. The van der Waals surface area contributed by atoms with Gasteiger partial charge < -0.3 is 10.6 Å². The fraction of sp³-hybridized carbons (Fsp3) is 0.529. The van der Waals surface area contributed by atoms with Gasteiger partial charge in [0.05, 0.1) is 10.2 Å². The number of para-hydroxylation sites is 1. The van der Waals surface area contributed by atoms with Crippen molar-refractivity contribution in [3.63, 3.8) is 0 Å². The highest BCUT2D eigenvalue weighted by Crippen LogP contribution is 2.21. The standard InChI is InChI=1S/C17H23N3OS/c21-16(17-20-14-9-4-5-10-15(14)22-17)19-12-6-11-18-13-7-2-1-3-8-13/h4-5,9-10,13,18H,1-3,6-8,11-12H2,(H,19,21). The SMILES string of the molecule is O=C(NCCCNC1CCCCC1)c1nc2ccccc2s1. The zero-order valence-electron chi connectivity index (χ0n) is 12.8. The highest BCUT2D eigenvalue weighted by Gasteiger charge is 2.13. The molecule has 1 aromatic heterocycles. The minimum atomic E-state index is -0.0566. The molecule has 0 unspecified atom stereocenters. The van der Waals surface area contributed by atoms with E-state index in [-0.39, 0.29) is 5.91 Å². The van der Waals surface area contributed by atoms with Crippen molar-refractivity contribution in [3.05, 3.63) is 29.3 Å². The Morgan fingerprint density at radius 3 is 2.82 bits per heavy atom. The van der Waals surface area contributed by atoms with Crippen molar-refractivity contribution in [2.75, 3.05) is 13.1 Å². The molecule has 2 N–H and O–H groups in total. The predicted octanol–water partition coefficient (Wildman–Crippen LogP) is 3.34. The fourth-order valence-corrected chi connectivity index (χ4v) is 3.83. The van der Waals surface area contributed by atoms with Crippen molar-refractivity contribution in [1.29, 1.82) is 0 Å². The van der Waals surface area contributed by atoms with E-state index < -0.39 is 0 Å². The summed E-state index contributed by atoms with van der Waals surface area (Å²) in [6.45, 7) is 1.68. The van der Waals surface area contributed by atoms with Crippen LogP contribution in [0.5, 0.6) is 0 Å². The second-order valence-corrected chi connectivity index (χ2v) is 6.92. The van der Waals surface area contributed by atoms with Gasteiger partial charge in [0.25, 0.3) is 5.91 Å². The molecule has 1 aromatic carbocycles. The van der Waals surface area contributed by atoms with Gasteiger partial charge in [-0.05, 0) is 37.9 Å². The van der Waals surface area contributed by atoms with Gasteiger partial charge in [-0.25, -0.2) is 4.98 Å². The van der Waals surface area contributed by atoms with E-state index in [1.807, 2.05) is 24.3 Å². The molecule has 0 saturated heterocycles. The van der Waals surface area contributed by atoms with Gasteiger partial charge in [-0.15, -0.1) is 11.3 Å². The number of nitrogens with zero attached hydrogens (tertiary/aromatic N) is 1. The molecule has 1 aliphatic rings. The third-order valence-electron chi connectivity index (χ3n) is 4.17. The molecule has 118 valence electrons. The lowest BCUT2D eigenvalue weighted by molar-refractivity contribution is 0.0953. The maximum atomic E-state index is 12.1.